The van der Waals surface area contributed by atoms with Crippen LogP contribution in [0, 0.1) is 11.8 Å². The molecule has 0 heterocycles. The quantitative estimate of drug-likeness (QED) is 0.902. The summed E-state index contributed by atoms with van der Waals surface area (Å²) < 4.78 is 0. The van der Waals surface area contributed by atoms with E-state index in [1.807, 2.05) is 25.1 Å². The van der Waals surface area contributed by atoms with E-state index >= 15 is 0 Å². The molecule has 1 N–H and O–H groups in total. The monoisotopic (exact) mass is 281 g/mol. The van der Waals surface area contributed by atoms with Gasteiger partial charge in [0.2, 0.25) is 5.91 Å². The second-order valence-electron chi connectivity index (χ2n) is 4.77. The van der Waals surface area contributed by atoms with Crippen LogP contribution in [-0.4, -0.2) is 28.4 Å². The number of rotatable bonds is 5. The maximum absolute atomic E-state index is 12.2. The molecule has 1 fully saturated rings. The van der Waals surface area contributed by atoms with Gasteiger partial charge in [0.1, 0.15) is 0 Å². The first-order valence-corrected chi connectivity index (χ1v) is 6.66. The van der Waals surface area contributed by atoms with Crippen molar-refractivity contribution in [3.8, 4) is 0 Å². The van der Waals surface area contributed by atoms with Crippen molar-refractivity contribution in [3.05, 3.63) is 34.9 Å². The molecule has 2 unspecified atom stereocenters. The van der Waals surface area contributed by atoms with Crippen LogP contribution in [0.3, 0.4) is 0 Å². The van der Waals surface area contributed by atoms with Crippen molar-refractivity contribution in [2.24, 2.45) is 11.8 Å². The lowest BCUT2D eigenvalue weighted by molar-refractivity contribution is -0.142. The van der Waals surface area contributed by atoms with E-state index < -0.39 is 11.9 Å². The van der Waals surface area contributed by atoms with Crippen LogP contribution in [-0.2, 0) is 16.1 Å². The summed E-state index contributed by atoms with van der Waals surface area (Å²) in [6.45, 7) is 2.92. The molecule has 2 atom stereocenters. The number of carboxylic acid groups (broad SMARTS) is 1. The Morgan fingerprint density at radius 2 is 2.16 bits per heavy atom. The fraction of sp³-hybridized carbons (Fsp3) is 0.429. The van der Waals surface area contributed by atoms with Crippen LogP contribution in [0.2, 0.25) is 5.02 Å². The molecule has 1 aromatic rings. The van der Waals surface area contributed by atoms with Gasteiger partial charge in [-0.3, -0.25) is 9.59 Å². The molecule has 1 aliphatic carbocycles. The minimum absolute atomic E-state index is 0.0742. The predicted octanol–water partition coefficient (Wildman–Crippen LogP) is 2.41. The van der Waals surface area contributed by atoms with Gasteiger partial charge in [0.05, 0.1) is 11.8 Å². The second-order valence-corrected chi connectivity index (χ2v) is 5.21. The molecule has 0 saturated heterocycles. The van der Waals surface area contributed by atoms with Crippen LogP contribution >= 0.6 is 11.6 Å². The number of amides is 1. The standard InChI is InChI=1S/C14H16ClNO3/c1-2-16(8-9-4-3-5-10(15)6-9)13(17)11-7-12(11)14(18)19/h3-6,11-12H,2,7-8H2,1H3,(H,18,19). The highest BCUT2D eigenvalue weighted by Gasteiger charge is 2.49. The molecule has 2 rings (SSSR count). The molecule has 19 heavy (non-hydrogen) atoms. The third-order valence-electron chi connectivity index (χ3n) is 3.38. The Balaban J connectivity index is 2.01. The summed E-state index contributed by atoms with van der Waals surface area (Å²) in [6, 6.07) is 7.35. The van der Waals surface area contributed by atoms with Crippen LogP contribution in [0.5, 0.6) is 0 Å². The first-order valence-electron chi connectivity index (χ1n) is 6.29. The van der Waals surface area contributed by atoms with Gasteiger partial charge >= 0.3 is 5.97 Å². The molecule has 4 nitrogen and oxygen atoms in total. The molecule has 0 aliphatic heterocycles. The van der Waals surface area contributed by atoms with E-state index in [1.165, 1.54) is 0 Å². The van der Waals surface area contributed by atoms with Crippen LogP contribution in [0.4, 0.5) is 0 Å². The molecule has 0 spiro atoms. The van der Waals surface area contributed by atoms with Gasteiger partial charge in [0.25, 0.3) is 0 Å². The number of carbonyl (C=O) groups excluding carboxylic acids is 1. The molecule has 0 aromatic heterocycles. The Morgan fingerprint density at radius 3 is 2.68 bits per heavy atom. The maximum atomic E-state index is 12.2. The van der Waals surface area contributed by atoms with Crippen LogP contribution in [0.15, 0.2) is 24.3 Å². The number of halogens is 1. The van der Waals surface area contributed by atoms with Gasteiger partial charge in [0, 0.05) is 18.1 Å². The fourth-order valence-electron chi connectivity index (χ4n) is 2.18. The van der Waals surface area contributed by atoms with Gasteiger partial charge in [-0.25, -0.2) is 0 Å². The zero-order valence-corrected chi connectivity index (χ0v) is 11.4. The maximum Gasteiger partial charge on any atom is 0.307 e. The van der Waals surface area contributed by atoms with Crippen molar-refractivity contribution < 1.29 is 14.7 Å². The summed E-state index contributed by atoms with van der Waals surface area (Å²) in [5.41, 5.74) is 0.954. The Labute approximate surface area is 117 Å². The highest BCUT2D eigenvalue weighted by Crippen LogP contribution is 2.40. The Kier molecular flexibility index (Phi) is 4.10. The first kappa shape index (κ1) is 13.9. The van der Waals surface area contributed by atoms with Gasteiger partial charge < -0.3 is 10.0 Å². The smallest absolute Gasteiger partial charge is 0.307 e. The lowest BCUT2D eigenvalue weighted by atomic mass is 10.2. The van der Waals surface area contributed by atoms with Crippen molar-refractivity contribution >= 4 is 23.5 Å². The predicted molar refractivity (Wildman–Crippen MR) is 71.8 cm³/mol. The number of aliphatic carboxylic acids is 1. The van der Waals surface area contributed by atoms with Gasteiger partial charge in [0.15, 0.2) is 0 Å². The van der Waals surface area contributed by atoms with Crippen LogP contribution < -0.4 is 0 Å². The van der Waals surface area contributed by atoms with E-state index in [-0.39, 0.29) is 11.8 Å². The molecule has 102 valence electrons. The molecule has 0 bridgehead atoms. The summed E-state index contributed by atoms with van der Waals surface area (Å²) in [5, 5.41) is 9.50. The molecule has 1 amide bonds. The Bertz CT molecular complexity index is 503. The van der Waals surface area contributed by atoms with Gasteiger partial charge in [-0.1, -0.05) is 23.7 Å². The third kappa shape index (κ3) is 3.26. The number of benzene rings is 1. The van der Waals surface area contributed by atoms with E-state index in [1.54, 1.807) is 11.0 Å². The fourth-order valence-corrected chi connectivity index (χ4v) is 2.39. The van der Waals surface area contributed by atoms with Crippen molar-refractivity contribution in [1.29, 1.82) is 0 Å². The van der Waals surface area contributed by atoms with E-state index in [0.717, 1.165) is 5.56 Å². The minimum atomic E-state index is -0.878. The summed E-state index contributed by atoms with van der Waals surface area (Å²) in [4.78, 5) is 24.7. The van der Waals surface area contributed by atoms with Gasteiger partial charge in [-0.15, -0.1) is 0 Å². The van der Waals surface area contributed by atoms with Crippen LogP contribution in [0.1, 0.15) is 18.9 Å². The normalized spacial score (nSPS) is 20.9. The third-order valence-corrected chi connectivity index (χ3v) is 3.62. The molecule has 5 heteroatoms. The minimum Gasteiger partial charge on any atom is -0.481 e. The second kappa shape index (κ2) is 5.61. The van der Waals surface area contributed by atoms with Crippen LogP contribution in [0.25, 0.3) is 0 Å². The first-order chi connectivity index (χ1) is 9.02. The molecule has 1 saturated carbocycles. The number of hydrogen-bond acceptors (Lipinski definition) is 2. The SMILES string of the molecule is CCN(Cc1cccc(Cl)c1)C(=O)C1CC1C(=O)O. The summed E-state index contributed by atoms with van der Waals surface area (Å²) in [7, 11) is 0. The number of nitrogens with zero attached hydrogens (tertiary/aromatic N) is 1. The average Bonchev–Trinajstić information content (AvgIpc) is 3.15. The molecule has 1 aliphatic rings. The Hall–Kier alpha value is -1.55. The zero-order valence-electron chi connectivity index (χ0n) is 10.7. The van der Waals surface area contributed by atoms with Crippen molar-refractivity contribution in [2.45, 2.75) is 19.9 Å². The lowest BCUT2D eigenvalue weighted by Crippen LogP contribution is -2.32. The van der Waals surface area contributed by atoms with E-state index in [0.29, 0.717) is 24.5 Å². The summed E-state index contributed by atoms with van der Waals surface area (Å²) in [6.07, 6.45) is 0.459. The summed E-state index contributed by atoms with van der Waals surface area (Å²) >= 11 is 5.91. The zero-order chi connectivity index (χ0) is 14.0. The molecule has 1 aromatic carbocycles. The Morgan fingerprint density at radius 1 is 1.42 bits per heavy atom. The van der Waals surface area contributed by atoms with E-state index in [4.69, 9.17) is 16.7 Å². The van der Waals surface area contributed by atoms with Gasteiger partial charge in [-0.05, 0) is 31.0 Å². The highest BCUT2D eigenvalue weighted by atomic mass is 35.5. The number of carbonyl (C=O) groups is 2. The number of carboxylic acids is 1. The molecular formula is C14H16ClNO3. The molecular weight excluding hydrogens is 266 g/mol. The number of hydrogen-bond donors (Lipinski definition) is 1. The van der Waals surface area contributed by atoms with Gasteiger partial charge in [-0.2, -0.15) is 0 Å². The lowest BCUT2D eigenvalue weighted by Gasteiger charge is -2.21. The van der Waals surface area contributed by atoms with E-state index in [2.05, 4.69) is 0 Å². The van der Waals surface area contributed by atoms with Crippen molar-refractivity contribution in [2.75, 3.05) is 6.54 Å². The highest BCUT2D eigenvalue weighted by molar-refractivity contribution is 6.30. The molecule has 0 radical (unpaired) electrons. The topological polar surface area (TPSA) is 57.6 Å². The average molecular weight is 282 g/mol. The van der Waals surface area contributed by atoms with Crippen molar-refractivity contribution in [3.63, 3.8) is 0 Å². The van der Waals surface area contributed by atoms with E-state index in [9.17, 15) is 9.59 Å². The summed E-state index contributed by atoms with van der Waals surface area (Å²) in [5.74, 6) is -1.80. The van der Waals surface area contributed by atoms with Crippen molar-refractivity contribution in [1.82, 2.24) is 4.90 Å². The largest absolute Gasteiger partial charge is 0.481 e.